The molecule has 0 radical (unpaired) electrons. The second-order valence-electron chi connectivity index (χ2n) is 3.80. The number of methoxy groups -OCH3 is 1. The Morgan fingerprint density at radius 3 is 2.65 bits per heavy atom. The van der Waals surface area contributed by atoms with Crippen LogP contribution in [0.5, 0.6) is 5.88 Å². The van der Waals surface area contributed by atoms with Crippen LogP contribution in [0, 0.1) is 0 Å². The number of nitrogens with zero attached hydrogens (tertiary/aromatic N) is 3. The van der Waals surface area contributed by atoms with E-state index in [0.717, 1.165) is 16.6 Å². The minimum absolute atomic E-state index is 0.558. The second-order valence-corrected chi connectivity index (χ2v) is 3.80. The molecule has 0 fully saturated rings. The molecule has 2 rings (SSSR count). The zero-order valence-corrected chi connectivity index (χ0v) is 10.1. The standard InChI is InChI=1S/C11H15N5O/c1-16(2)11-13-9-6-7(15-12)4-5-8(9)10(14-11)17-3/h4-6,15H,12H2,1-3H3. The smallest absolute Gasteiger partial charge is 0.228 e. The lowest BCUT2D eigenvalue weighted by Gasteiger charge is -2.13. The third kappa shape index (κ3) is 2.07. The van der Waals surface area contributed by atoms with E-state index in [-0.39, 0.29) is 0 Å². The molecule has 0 atom stereocenters. The monoisotopic (exact) mass is 233 g/mol. The lowest BCUT2D eigenvalue weighted by Crippen LogP contribution is -2.13. The highest BCUT2D eigenvalue weighted by Gasteiger charge is 2.09. The van der Waals surface area contributed by atoms with Gasteiger partial charge in [0, 0.05) is 14.1 Å². The number of fused-ring (bicyclic) bond motifs is 1. The third-order valence-electron chi connectivity index (χ3n) is 2.41. The van der Waals surface area contributed by atoms with Crippen molar-refractivity contribution in [3.05, 3.63) is 18.2 Å². The van der Waals surface area contributed by atoms with Crippen LogP contribution in [0.2, 0.25) is 0 Å². The maximum atomic E-state index is 5.37. The van der Waals surface area contributed by atoms with Crippen LogP contribution in [0.15, 0.2) is 18.2 Å². The lowest BCUT2D eigenvalue weighted by atomic mass is 10.2. The quantitative estimate of drug-likeness (QED) is 0.608. The van der Waals surface area contributed by atoms with E-state index in [9.17, 15) is 0 Å². The van der Waals surface area contributed by atoms with Gasteiger partial charge in [-0.05, 0) is 18.2 Å². The number of aromatic nitrogens is 2. The summed E-state index contributed by atoms with van der Waals surface area (Å²) in [5.74, 6) is 6.53. The fraction of sp³-hybridized carbons (Fsp3) is 0.273. The molecule has 0 saturated heterocycles. The second kappa shape index (κ2) is 4.42. The van der Waals surface area contributed by atoms with E-state index < -0.39 is 0 Å². The Balaban J connectivity index is 2.69. The predicted octanol–water partition coefficient (Wildman–Crippen LogP) is 0.990. The van der Waals surface area contributed by atoms with Crippen LogP contribution in [0.1, 0.15) is 0 Å². The van der Waals surface area contributed by atoms with Gasteiger partial charge < -0.3 is 15.1 Å². The molecular formula is C11H15N5O. The number of ether oxygens (including phenoxy) is 1. The van der Waals surface area contributed by atoms with Crippen LogP contribution >= 0.6 is 0 Å². The summed E-state index contributed by atoms with van der Waals surface area (Å²) in [7, 11) is 5.35. The number of nitrogens with two attached hydrogens (primary N) is 1. The van der Waals surface area contributed by atoms with Crippen LogP contribution in [0.4, 0.5) is 11.6 Å². The molecule has 0 aliphatic carbocycles. The Kier molecular flexibility index (Phi) is 2.97. The van der Waals surface area contributed by atoms with Crippen LogP contribution in [-0.2, 0) is 0 Å². The van der Waals surface area contributed by atoms with Crippen LogP contribution in [0.25, 0.3) is 10.9 Å². The van der Waals surface area contributed by atoms with Gasteiger partial charge in [0.2, 0.25) is 11.8 Å². The zero-order valence-electron chi connectivity index (χ0n) is 10.1. The maximum absolute atomic E-state index is 5.37. The Hall–Kier alpha value is -2.08. The number of anilines is 2. The highest BCUT2D eigenvalue weighted by molar-refractivity contribution is 5.87. The van der Waals surface area contributed by atoms with Crippen molar-refractivity contribution in [2.24, 2.45) is 5.84 Å². The summed E-state index contributed by atoms with van der Waals surface area (Å²) >= 11 is 0. The van der Waals surface area contributed by atoms with Crippen molar-refractivity contribution >= 4 is 22.5 Å². The van der Waals surface area contributed by atoms with E-state index in [1.807, 2.05) is 37.2 Å². The summed E-state index contributed by atoms with van der Waals surface area (Å²) in [5, 5.41) is 0.858. The number of nitrogen functional groups attached to an aromatic ring is 1. The normalized spacial score (nSPS) is 10.4. The third-order valence-corrected chi connectivity index (χ3v) is 2.41. The Morgan fingerprint density at radius 1 is 1.29 bits per heavy atom. The molecule has 0 saturated carbocycles. The maximum Gasteiger partial charge on any atom is 0.228 e. The van der Waals surface area contributed by atoms with Gasteiger partial charge in [-0.25, -0.2) is 4.98 Å². The van der Waals surface area contributed by atoms with Crippen LogP contribution < -0.4 is 20.9 Å². The van der Waals surface area contributed by atoms with Gasteiger partial charge in [-0.1, -0.05) is 0 Å². The minimum atomic E-state index is 0.558. The number of benzene rings is 1. The Morgan fingerprint density at radius 2 is 2.06 bits per heavy atom. The first-order valence-electron chi connectivity index (χ1n) is 5.15. The van der Waals surface area contributed by atoms with Crippen molar-refractivity contribution in [3.8, 4) is 5.88 Å². The number of hydrazine groups is 1. The highest BCUT2D eigenvalue weighted by Crippen LogP contribution is 2.26. The molecular weight excluding hydrogens is 218 g/mol. The van der Waals surface area contributed by atoms with E-state index >= 15 is 0 Å². The van der Waals surface area contributed by atoms with Crippen molar-refractivity contribution in [1.29, 1.82) is 0 Å². The molecule has 0 amide bonds. The molecule has 0 aliphatic heterocycles. The largest absolute Gasteiger partial charge is 0.480 e. The fourth-order valence-electron chi connectivity index (χ4n) is 1.53. The zero-order chi connectivity index (χ0) is 12.4. The van der Waals surface area contributed by atoms with E-state index in [0.29, 0.717) is 11.8 Å². The first-order chi connectivity index (χ1) is 8.15. The van der Waals surface area contributed by atoms with Crippen LogP contribution in [0.3, 0.4) is 0 Å². The molecule has 0 unspecified atom stereocenters. The summed E-state index contributed by atoms with van der Waals surface area (Å²) in [6, 6.07) is 5.58. The van der Waals surface area contributed by atoms with Gasteiger partial charge in [0.05, 0.1) is 23.7 Å². The molecule has 1 aromatic heterocycles. The minimum Gasteiger partial charge on any atom is -0.480 e. The SMILES string of the molecule is COc1nc(N(C)C)nc2cc(NN)ccc12. The van der Waals surface area contributed by atoms with Crippen molar-refractivity contribution in [2.75, 3.05) is 31.5 Å². The van der Waals surface area contributed by atoms with Gasteiger partial charge >= 0.3 is 0 Å². The summed E-state index contributed by atoms with van der Waals surface area (Å²) < 4.78 is 5.26. The highest BCUT2D eigenvalue weighted by atomic mass is 16.5. The van der Waals surface area contributed by atoms with Gasteiger partial charge in [-0.3, -0.25) is 5.84 Å². The van der Waals surface area contributed by atoms with Gasteiger partial charge in [0.25, 0.3) is 0 Å². The average Bonchev–Trinajstić information content (AvgIpc) is 2.36. The van der Waals surface area contributed by atoms with Crippen molar-refractivity contribution < 1.29 is 4.74 Å². The predicted molar refractivity (Wildman–Crippen MR) is 68.2 cm³/mol. The molecule has 90 valence electrons. The Bertz CT molecular complexity index is 541. The van der Waals surface area contributed by atoms with Crippen molar-refractivity contribution in [3.63, 3.8) is 0 Å². The number of hydrogen-bond donors (Lipinski definition) is 2. The topological polar surface area (TPSA) is 76.3 Å². The molecule has 17 heavy (non-hydrogen) atoms. The first kappa shape index (κ1) is 11.4. The van der Waals surface area contributed by atoms with Gasteiger partial charge in [0.1, 0.15) is 0 Å². The van der Waals surface area contributed by atoms with E-state index in [2.05, 4.69) is 15.4 Å². The molecule has 2 aromatic rings. The number of nitrogens with one attached hydrogen (secondary N) is 1. The molecule has 0 aliphatic rings. The molecule has 3 N–H and O–H groups in total. The van der Waals surface area contributed by atoms with E-state index in [4.69, 9.17) is 10.6 Å². The number of hydrogen-bond acceptors (Lipinski definition) is 6. The first-order valence-corrected chi connectivity index (χ1v) is 5.15. The lowest BCUT2D eigenvalue weighted by molar-refractivity contribution is 0.403. The Labute approximate surface area is 99.4 Å². The van der Waals surface area contributed by atoms with Gasteiger partial charge in [-0.2, -0.15) is 4.98 Å². The molecule has 0 spiro atoms. The van der Waals surface area contributed by atoms with Gasteiger partial charge in [-0.15, -0.1) is 0 Å². The van der Waals surface area contributed by atoms with Crippen molar-refractivity contribution in [2.45, 2.75) is 0 Å². The molecule has 6 heteroatoms. The fourth-order valence-corrected chi connectivity index (χ4v) is 1.53. The summed E-state index contributed by atoms with van der Waals surface area (Å²) in [4.78, 5) is 10.6. The molecule has 1 aromatic carbocycles. The summed E-state index contributed by atoms with van der Waals surface area (Å²) in [6.07, 6.45) is 0. The average molecular weight is 233 g/mol. The molecule has 0 bridgehead atoms. The molecule has 6 nitrogen and oxygen atoms in total. The summed E-state index contributed by atoms with van der Waals surface area (Å²) in [5.41, 5.74) is 4.17. The molecule has 1 heterocycles. The van der Waals surface area contributed by atoms with Crippen LogP contribution in [-0.4, -0.2) is 31.2 Å². The van der Waals surface area contributed by atoms with E-state index in [1.54, 1.807) is 7.11 Å². The summed E-state index contributed by atoms with van der Waals surface area (Å²) in [6.45, 7) is 0. The van der Waals surface area contributed by atoms with Gasteiger partial charge in [0.15, 0.2) is 0 Å². The number of rotatable bonds is 3. The van der Waals surface area contributed by atoms with E-state index in [1.165, 1.54) is 0 Å². The van der Waals surface area contributed by atoms with Crippen molar-refractivity contribution in [1.82, 2.24) is 9.97 Å².